The normalized spacial score (nSPS) is 15.6. The van der Waals surface area contributed by atoms with Gasteiger partial charge in [-0.2, -0.15) is 0 Å². The van der Waals surface area contributed by atoms with Gasteiger partial charge in [-0.3, -0.25) is 9.80 Å². The summed E-state index contributed by atoms with van der Waals surface area (Å²) in [4.78, 5) is 4.50. The molecule has 190 valence electrons. The van der Waals surface area contributed by atoms with Crippen LogP contribution in [0.15, 0.2) is 42.5 Å². The molecular weight excluding hydrogens is 442 g/mol. The molecule has 1 N–H and O–H groups in total. The standard InChI is InChI=1S/C28H39N3O4/c1-21-22(2)31(26-8-6-5-7-25(21)26)20-24(32)19-29(3)18-23-9-10-27(28(17-23)33-4)35-16-13-30-11-14-34-15-12-30/h5-10,17,24,32H,11-16,18-20H2,1-4H3/t24-/m0/s1. The van der Waals surface area contributed by atoms with Crippen LogP contribution in [0.25, 0.3) is 10.9 Å². The van der Waals surface area contributed by atoms with Crippen LogP contribution in [0.3, 0.4) is 0 Å². The fourth-order valence-electron chi connectivity index (χ4n) is 4.88. The van der Waals surface area contributed by atoms with Crippen molar-refractivity contribution in [2.75, 3.05) is 60.2 Å². The van der Waals surface area contributed by atoms with Gasteiger partial charge in [-0.15, -0.1) is 0 Å². The van der Waals surface area contributed by atoms with E-state index in [-0.39, 0.29) is 0 Å². The van der Waals surface area contributed by atoms with Crippen LogP contribution in [-0.4, -0.2) is 85.7 Å². The lowest BCUT2D eigenvalue weighted by Gasteiger charge is -2.26. The Labute approximate surface area is 208 Å². The quantitative estimate of drug-likeness (QED) is 0.453. The van der Waals surface area contributed by atoms with Gasteiger partial charge in [-0.05, 0) is 50.2 Å². The van der Waals surface area contributed by atoms with Crippen molar-refractivity contribution in [1.82, 2.24) is 14.4 Å². The average Bonchev–Trinajstić information content (AvgIpc) is 3.10. The van der Waals surface area contributed by atoms with E-state index in [2.05, 4.69) is 58.5 Å². The predicted molar refractivity (Wildman–Crippen MR) is 140 cm³/mol. The molecule has 1 aromatic heterocycles. The number of ether oxygens (including phenoxy) is 3. The fraction of sp³-hybridized carbons (Fsp3) is 0.500. The molecule has 0 amide bonds. The van der Waals surface area contributed by atoms with Gasteiger partial charge in [0, 0.05) is 49.3 Å². The molecule has 0 bridgehead atoms. The second-order valence-corrected chi connectivity index (χ2v) is 9.48. The number of likely N-dealkylation sites (N-methyl/N-ethyl adjacent to an activating group) is 1. The molecule has 0 aliphatic carbocycles. The summed E-state index contributed by atoms with van der Waals surface area (Å²) in [6, 6.07) is 14.5. The van der Waals surface area contributed by atoms with Crippen LogP contribution in [0, 0.1) is 13.8 Å². The summed E-state index contributed by atoms with van der Waals surface area (Å²) >= 11 is 0. The first kappa shape index (κ1) is 25.5. The molecule has 0 unspecified atom stereocenters. The number of hydrogen-bond acceptors (Lipinski definition) is 6. The highest BCUT2D eigenvalue weighted by Gasteiger charge is 2.16. The predicted octanol–water partition coefficient (Wildman–Crippen LogP) is 3.47. The first-order chi connectivity index (χ1) is 17.0. The zero-order valence-corrected chi connectivity index (χ0v) is 21.5. The molecule has 0 spiro atoms. The molecule has 2 heterocycles. The van der Waals surface area contributed by atoms with Crippen molar-refractivity contribution in [2.45, 2.75) is 33.0 Å². The van der Waals surface area contributed by atoms with E-state index >= 15 is 0 Å². The van der Waals surface area contributed by atoms with Gasteiger partial charge in [-0.1, -0.05) is 24.3 Å². The van der Waals surface area contributed by atoms with Gasteiger partial charge < -0.3 is 23.9 Å². The number of hydrogen-bond donors (Lipinski definition) is 1. The third kappa shape index (κ3) is 6.35. The summed E-state index contributed by atoms with van der Waals surface area (Å²) < 4.78 is 19.2. The molecular formula is C28H39N3O4. The highest BCUT2D eigenvalue weighted by atomic mass is 16.5. The Kier molecular flexibility index (Phi) is 8.68. The monoisotopic (exact) mass is 481 g/mol. The van der Waals surface area contributed by atoms with E-state index in [1.54, 1.807) is 7.11 Å². The van der Waals surface area contributed by atoms with Crippen molar-refractivity contribution in [1.29, 1.82) is 0 Å². The molecule has 0 radical (unpaired) electrons. The van der Waals surface area contributed by atoms with Crippen LogP contribution in [0.2, 0.25) is 0 Å². The maximum Gasteiger partial charge on any atom is 0.161 e. The van der Waals surface area contributed by atoms with E-state index in [1.807, 2.05) is 19.2 Å². The molecule has 1 atom stereocenters. The van der Waals surface area contributed by atoms with Crippen molar-refractivity contribution < 1.29 is 19.3 Å². The Hall–Kier alpha value is -2.58. The maximum atomic E-state index is 10.9. The van der Waals surface area contributed by atoms with Gasteiger partial charge >= 0.3 is 0 Å². The summed E-state index contributed by atoms with van der Waals surface area (Å²) in [7, 11) is 3.71. The Morgan fingerprint density at radius 2 is 1.86 bits per heavy atom. The number of benzene rings is 2. The van der Waals surface area contributed by atoms with E-state index in [0.717, 1.165) is 49.9 Å². The van der Waals surface area contributed by atoms with Gasteiger partial charge in [0.05, 0.1) is 33.0 Å². The summed E-state index contributed by atoms with van der Waals surface area (Å²) in [6.45, 7) is 11.1. The Morgan fingerprint density at radius 1 is 1.09 bits per heavy atom. The molecule has 7 heteroatoms. The van der Waals surface area contributed by atoms with Crippen molar-refractivity contribution in [3.05, 3.63) is 59.3 Å². The molecule has 7 nitrogen and oxygen atoms in total. The topological polar surface area (TPSA) is 59.3 Å². The molecule has 0 saturated carbocycles. The Bertz CT molecular complexity index is 1110. The molecule has 4 rings (SSSR count). The third-order valence-electron chi connectivity index (χ3n) is 6.91. The van der Waals surface area contributed by atoms with Gasteiger partial charge in [0.1, 0.15) is 6.61 Å². The number of aryl methyl sites for hydroxylation is 1. The number of nitrogens with zero attached hydrogens (tertiary/aromatic N) is 3. The van der Waals surface area contributed by atoms with Gasteiger partial charge in [0.15, 0.2) is 11.5 Å². The number of aromatic nitrogens is 1. The summed E-state index contributed by atoms with van der Waals surface area (Å²) in [6.07, 6.45) is -0.474. The molecule has 3 aromatic rings. The summed E-state index contributed by atoms with van der Waals surface area (Å²) in [5.41, 5.74) is 4.79. The number of rotatable bonds is 11. The zero-order chi connectivity index (χ0) is 24.8. The smallest absolute Gasteiger partial charge is 0.161 e. The number of aliphatic hydroxyl groups excluding tert-OH is 1. The zero-order valence-electron chi connectivity index (χ0n) is 21.5. The van der Waals surface area contributed by atoms with Crippen molar-refractivity contribution in [3.63, 3.8) is 0 Å². The number of para-hydroxylation sites is 1. The van der Waals surface area contributed by atoms with Crippen LogP contribution in [0.4, 0.5) is 0 Å². The lowest BCUT2D eigenvalue weighted by molar-refractivity contribution is 0.0321. The van der Waals surface area contributed by atoms with Crippen LogP contribution < -0.4 is 9.47 Å². The second-order valence-electron chi connectivity index (χ2n) is 9.48. The molecule has 2 aromatic carbocycles. The minimum Gasteiger partial charge on any atom is -0.493 e. The van der Waals surface area contributed by atoms with Crippen molar-refractivity contribution in [3.8, 4) is 11.5 Å². The molecule has 1 saturated heterocycles. The van der Waals surface area contributed by atoms with Gasteiger partial charge in [-0.25, -0.2) is 0 Å². The summed E-state index contributed by atoms with van der Waals surface area (Å²) in [5, 5.41) is 12.1. The van der Waals surface area contributed by atoms with E-state index in [1.165, 1.54) is 22.2 Å². The number of methoxy groups -OCH3 is 1. The maximum absolute atomic E-state index is 10.9. The van der Waals surface area contributed by atoms with Crippen LogP contribution in [-0.2, 0) is 17.8 Å². The van der Waals surface area contributed by atoms with Crippen LogP contribution in [0.1, 0.15) is 16.8 Å². The van der Waals surface area contributed by atoms with Crippen LogP contribution in [0.5, 0.6) is 11.5 Å². The molecule has 1 aliphatic rings. The lowest BCUT2D eigenvalue weighted by atomic mass is 10.2. The van der Waals surface area contributed by atoms with Crippen molar-refractivity contribution in [2.24, 2.45) is 0 Å². The first-order valence-electron chi connectivity index (χ1n) is 12.5. The fourth-order valence-corrected chi connectivity index (χ4v) is 4.88. The van der Waals surface area contributed by atoms with Crippen molar-refractivity contribution >= 4 is 10.9 Å². The second kappa shape index (κ2) is 11.9. The lowest BCUT2D eigenvalue weighted by Crippen LogP contribution is -2.38. The minimum absolute atomic E-state index is 0.474. The molecule has 35 heavy (non-hydrogen) atoms. The number of aliphatic hydroxyl groups is 1. The molecule has 1 aliphatic heterocycles. The van der Waals surface area contributed by atoms with E-state index < -0.39 is 6.10 Å². The largest absolute Gasteiger partial charge is 0.493 e. The minimum atomic E-state index is -0.474. The third-order valence-corrected chi connectivity index (χ3v) is 6.91. The van der Waals surface area contributed by atoms with Gasteiger partial charge in [0.25, 0.3) is 0 Å². The highest BCUT2D eigenvalue weighted by Crippen LogP contribution is 2.29. The van der Waals surface area contributed by atoms with Crippen LogP contribution >= 0.6 is 0 Å². The van der Waals surface area contributed by atoms with Gasteiger partial charge in [0.2, 0.25) is 0 Å². The average molecular weight is 482 g/mol. The van der Waals surface area contributed by atoms with E-state index in [0.29, 0.717) is 26.2 Å². The van der Waals surface area contributed by atoms with E-state index in [9.17, 15) is 5.11 Å². The number of morpholine rings is 1. The SMILES string of the molecule is COc1cc(CN(C)C[C@H](O)Cn2c(C)c(C)c3ccccc32)ccc1OCCN1CCOCC1. The molecule has 1 fully saturated rings. The summed E-state index contributed by atoms with van der Waals surface area (Å²) in [5.74, 6) is 1.50. The Balaban J connectivity index is 1.31. The highest BCUT2D eigenvalue weighted by molar-refractivity contribution is 5.85. The Morgan fingerprint density at radius 3 is 2.63 bits per heavy atom. The van der Waals surface area contributed by atoms with E-state index in [4.69, 9.17) is 14.2 Å². The first-order valence-corrected chi connectivity index (χ1v) is 12.5. The number of fused-ring (bicyclic) bond motifs is 1.